The van der Waals surface area contributed by atoms with E-state index in [-0.39, 0.29) is 0 Å². The van der Waals surface area contributed by atoms with Crippen molar-refractivity contribution in [2.75, 3.05) is 28.2 Å². The Bertz CT molecular complexity index is 182. The second-order valence-corrected chi connectivity index (χ2v) is 2.28. The fourth-order valence-electron chi connectivity index (χ4n) is 0.619. The van der Waals surface area contributed by atoms with Gasteiger partial charge >= 0.3 is 11.1 Å². The van der Waals surface area contributed by atoms with Gasteiger partial charge in [0.2, 0.25) is 4.91 Å². The summed E-state index contributed by atoms with van der Waals surface area (Å²) in [5.74, 6) is 0.600. The third-order valence-corrected chi connectivity index (χ3v) is 0.934. The summed E-state index contributed by atoms with van der Waals surface area (Å²) in [6.45, 7) is 0. The number of azide groups is 1. The van der Waals surface area contributed by atoms with Crippen molar-refractivity contribution in [2.24, 2.45) is 5.11 Å². The lowest BCUT2D eigenvalue weighted by Gasteiger charge is -1.99. The monoisotopic (exact) mass is 142 g/mol. The molecule has 0 aliphatic rings. The molecule has 56 valence electrons. The van der Waals surface area contributed by atoms with Crippen molar-refractivity contribution in [2.45, 2.75) is 0 Å². The standard InChI is InChI=1S/C5H12N5/c1-9(2)5(7-8-6)10(3)4/h1-4H3/q+1. The Morgan fingerprint density at radius 1 is 1.50 bits per heavy atom. The largest absolute Gasteiger partial charge is 0.475 e. The lowest BCUT2D eigenvalue weighted by Crippen LogP contribution is -2.27. The zero-order valence-corrected chi connectivity index (χ0v) is 6.74. The first-order valence-corrected chi connectivity index (χ1v) is 2.86. The van der Waals surface area contributed by atoms with E-state index >= 15 is 0 Å². The highest BCUT2D eigenvalue weighted by Gasteiger charge is 2.16. The Kier molecular flexibility index (Phi) is 3.28. The van der Waals surface area contributed by atoms with Gasteiger partial charge in [-0.3, -0.25) is 9.48 Å². The Morgan fingerprint density at radius 2 is 2.00 bits per heavy atom. The summed E-state index contributed by atoms with van der Waals surface area (Å²) in [6, 6.07) is 0. The summed E-state index contributed by atoms with van der Waals surface area (Å²) in [6.07, 6.45) is 0. The van der Waals surface area contributed by atoms with Crippen molar-refractivity contribution < 1.29 is 4.58 Å². The Labute approximate surface area is 60.2 Å². The van der Waals surface area contributed by atoms with Crippen LogP contribution in [-0.2, 0) is 0 Å². The number of hydrogen-bond donors (Lipinski definition) is 0. The Morgan fingerprint density at radius 3 is 2.10 bits per heavy atom. The van der Waals surface area contributed by atoms with Gasteiger partial charge in [0.25, 0.3) is 0 Å². The predicted octanol–water partition coefficient (Wildman–Crippen LogP) is 0.486. The molecule has 0 aliphatic carbocycles. The normalized spacial score (nSPS) is 8.00. The maximum absolute atomic E-state index is 8.12. The highest BCUT2D eigenvalue weighted by Crippen LogP contribution is 1.83. The molecule has 0 N–H and O–H groups in total. The molecule has 0 aromatic carbocycles. The zero-order valence-electron chi connectivity index (χ0n) is 6.74. The molecule has 0 spiro atoms. The molecule has 0 bridgehead atoms. The van der Waals surface area contributed by atoms with Gasteiger partial charge in [0.05, 0.1) is 28.2 Å². The minimum absolute atomic E-state index is 0.600. The molecule has 0 radical (unpaired) electrons. The van der Waals surface area contributed by atoms with E-state index in [0.717, 1.165) is 0 Å². The molecule has 5 nitrogen and oxygen atoms in total. The molecule has 0 unspecified atom stereocenters. The predicted molar refractivity (Wildman–Crippen MR) is 39.9 cm³/mol. The van der Waals surface area contributed by atoms with Crippen molar-refractivity contribution in [3.05, 3.63) is 10.4 Å². The van der Waals surface area contributed by atoms with Crippen molar-refractivity contribution in [3.63, 3.8) is 0 Å². The van der Waals surface area contributed by atoms with Crippen LogP contribution in [0.2, 0.25) is 0 Å². The molecule has 0 amide bonds. The van der Waals surface area contributed by atoms with E-state index in [1.165, 1.54) is 0 Å². The van der Waals surface area contributed by atoms with Crippen LogP contribution in [-0.4, -0.2) is 43.6 Å². The van der Waals surface area contributed by atoms with Crippen LogP contribution < -0.4 is 0 Å². The summed E-state index contributed by atoms with van der Waals surface area (Å²) >= 11 is 0. The SMILES string of the molecule is CN(C)C(N=[N+]=[N-])=[N+](C)C. The summed E-state index contributed by atoms with van der Waals surface area (Å²) in [7, 11) is 7.29. The lowest BCUT2D eigenvalue weighted by molar-refractivity contribution is -0.470. The third kappa shape index (κ3) is 2.37. The Hall–Kier alpha value is -1.22. The van der Waals surface area contributed by atoms with Crippen molar-refractivity contribution in [3.8, 4) is 0 Å². The molecule has 0 fully saturated rings. The molecule has 5 heteroatoms. The van der Waals surface area contributed by atoms with Crippen LogP contribution in [0.3, 0.4) is 0 Å². The summed E-state index contributed by atoms with van der Waals surface area (Å²) in [4.78, 5) is 4.43. The van der Waals surface area contributed by atoms with Crippen molar-refractivity contribution >= 4 is 5.96 Å². The Balaban J connectivity index is 4.60. The van der Waals surface area contributed by atoms with E-state index in [2.05, 4.69) is 10.0 Å². The van der Waals surface area contributed by atoms with Gasteiger partial charge in [0, 0.05) is 5.53 Å². The smallest absolute Gasteiger partial charge is 0.261 e. The highest BCUT2D eigenvalue weighted by atomic mass is 15.3. The molecule has 0 aromatic rings. The third-order valence-electron chi connectivity index (χ3n) is 0.934. The van der Waals surface area contributed by atoms with Crippen LogP contribution in [0.15, 0.2) is 5.11 Å². The van der Waals surface area contributed by atoms with Crippen LogP contribution in [0.1, 0.15) is 0 Å². The van der Waals surface area contributed by atoms with Gasteiger partial charge in [-0.1, -0.05) is 0 Å². The van der Waals surface area contributed by atoms with E-state index < -0.39 is 0 Å². The first kappa shape index (κ1) is 8.78. The van der Waals surface area contributed by atoms with Crippen LogP contribution in [0.5, 0.6) is 0 Å². The molecule has 0 atom stereocenters. The van der Waals surface area contributed by atoms with Gasteiger partial charge in [-0.15, -0.1) is 0 Å². The summed E-state index contributed by atoms with van der Waals surface area (Å²) in [5, 5.41) is 3.47. The van der Waals surface area contributed by atoms with Gasteiger partial charge < -0.3 is 0 Å². The van der Waals surface area contributed by atoms with Gasteiger partial charge in [0.1, 0.15) is 0 Å². The number of hydrogen-bond acceptors (Lipinski definition) is 0. The first-order chi connectivity index (χ1) is 4.59. The summed E-state index contributed by atoms with van der Waals surface area (Å²) < 4.78 is 1.75. The average molecular weight is 142 g/mol. The van der Waals surface area contributed by atoms with E-state index in [0.29, 0.717) is 5.96 Å². The molecule has 0 heterocycles. The van der Waals surface area contributed by atoms with E-state index in [9.17, 15) is 0 Å². The molecular weight excluding hydrogens is 130 g/mol. The second-order valence-electron chi connectivity index (χ2n) is 2.28. The number of guanidine groups is 1. The van der Waals surface area contributed by atoms with Gasteiger partial charge in [-0.25, -0.2) is 0 Å². The average Bonchev–Trinajstić information content (AvgIpc) is 1.81. The number of rotatable bonds is 0. The first-order valence-electron chi connectivity index (χ1n) is 2.86. The second kappa shape index (κ2) is 3.74. The topological polar surface area (TPSA) is 55.0 Å². The van der Waals surface area contributed by atoms with E-state index in [4.69, 9.17) is 5.53 Å². The van der Waals surface area contributed by atoms with E-state index in [1.54, 1.807) is 9.48 Å². The molecule has 0 saturated heterocycles. The van der Waals surface area contributed by atoms with Crippen LogP contribution >= 0.6 is 0 Å². The minimum atomic E-state index is 0.600. The van der Waals surface area contributed by atoms with E-state index in [1.807, 2.05) is 28.2 Å². The lowest BCUT2D eigenvalue weighted by atomic mass is 10.8. The molecule has 0 aromatic heterocycles. The zero-order chi connectivity index (χ0) is 8.15. The quantitative estimate of drug-likeness (QED) is 0.121. The van der Waals surface area contributed by atoms with Crippen LogP contribution in [0.4, 0.5) is 0 Å². The van der Waals surface area contributed by atoms with Crippen LogP contribution in [0, 0.1) is 0 Å². The summed E-state index contributed by atoms with van der Waals surface area (Å²) in [5.41, 5.74) is 8.12. The van der Waals surface area contributed by atoms with Crippen molar-refractivity contribution in [1.82, 2.24) is 4.90 Å². The fourth-order valence-corrected chi connectivity index (χ4v) is 0.619. The molecular formula is C5H12N5+. The van der Waals surface area contributed by atoms with Crippen molar-refractivity contribution in [1.29, 1.82) is 0 Å². The molecule has 10 heavy (non-hydrogen) atoms. The molecule has 0 saturated carbocycles. The minimum Gasteiger partial charge on any atom is -0.261 e. The molecule has 0 aliphatic heterocycles. The maximum atomic E-state index is 8.12. The van der Waals surface area contributed by atoms with Crippen LogP contribution in [0.25, 0.3) is 10.4 Å². The van der Waals surface area contributed by atoms with Gasteiger partial charge in [-0.05, 0) is 0 Å². The number of nitrogens with zero attached hydrogens (tertiary/aromatic N) is 5. The van der Waals surface area contributed by atoms with Gasteiger partial charge in [0.15, 0.2) is 0 Å². The maximum Gasteiger partial charge on any atom is 0.475 e. The fraction of sp³-hybridized carbons (Fsp3) is 0.800. The van der Waals surface area contributed by atoms with Gasteiger partial charge in [-0.2, -0.15) is 0 Å². The molecule has 0 rings (SSSR count). The highest BCUT2D eigenvalue weighted by molar-refractivity contribution is 5.75.